The van der Waals surface area contributed by atoms with Crippen LogP contribution in [0.5, 0.6) is 5.75 Å². The van der Waals surface area contributed by atoms with Gasteiger partial charge in [0.15, 0.2) is 0 Å². The SMILES string of the molecule is Cc1cc(C(=O)NCCC2CCOCC2)ccc1-c1cccc(COc2ccc(Cn3oc(=O)[nH]c3=O)cc2)c1. The van der Waals surface area contributed by atoms with Gasteiger partial charge in [-0.25, -0.2) is 14.6 Å². The van der Waals surface area contributed by atoms with Crippen LogP contribution in [0.1, 0.15) is 46.3 Å². The maximum atomic E-state index is 12.7. The van der Waals surface area contributed by atoms with Crippen molar-refractivity contribution in [2.24, 2.45) is 5.92 Å². The molecule has 3 aromatic carbocycles. The van der Waals surface area contributed by atoms with Crippen molar-refractivity contribution < 1.29 is 18.8 Å². The second-order valence-corrected chi connectivity index (χ2v) is 10.1. The van der Waals surface area contributed by atoms with Crippen molar-refractivity contribution >= 4 is 5.91 Å². The number of hydrogen-bond acceptors (Lipinski definition) is 6. The molecule has 4 aromatic rings. The molecule has 1 aliphatic heterocycles. The predicted molar refractivity (Wildman–Crippen MR) is 151 cm³/mol. The lowest BCUT2D eigenvalue weighted by molar-refractivity contribution is 0.0636. The summed E-state index contributed by atoms with van der Waals surface area (Å²) in [6.07, 6.45) is 3.12. The fourth-order valence-corrected chi connectivity index (χ4v) is 4.93. The van der Waals surface area contributed by atoms with Crippen LogP contribution in [-0.4, -0.2) is 35.4 Å². The lowest BCUT2D eigenvalue weighted by Gasteiger charge is -2.21. The summed E-state index contributed by atoms with van der Waals surface area (Å²) < 4.78 is 17.2. The smallest absolute Gasteiger partial charge is 0.440 e. The van der Waals surface area contributed by atoms with Gasteiger partial charge in [-0.2, -0.15) is 0 Å². The number of carbonyl (C=O) groups is 1. The van der Waals surface area contributed by atoms with Crippen molar-refractivity contribution in [1.29, 1.82) is 0 Å². The minimum atomic E-state index is -0.777. The summed E-state index contributed by atoms with van der Waals surface area (Å²) in [5.74, 6) is 0.488. The molecular formula is C31H33N3O6. The number of nitrogens with zero attached hydrogens (tertiary/aromatic N) is 1. The van der Waals surface area contributed by atoms with Crippen molar-refractivity contribution in [3.63, 3.8) is 0 Å². The molecule has 0 spiro atoms. The fraction of sp³-hybridized carbons (Fsp3) is 0.323. The van der Waals surface area contributed by atoms with Gasteiger partial charge in [-0.05, 0) is 90.3 Å². The molecule has 0 bridgehead atoms. The minimum absolute atomic E-state index is 0.0420. The summed E-state index contributed by atoms with van der Waals surface area (Å²) in [6.45, 7) is 4.87. The first-order chi connectivity index (χ1) is 19.4. The number of ether oxygens (including phenoxy) is 2. The van der Waals surface area contributed by atoms with Crippen LogP contribution in [0.3, 0.4) is 0 Å². The van der Waals surface area contributed by atoms with E-state index in [1.54, 1.807) is 0 Å². The van der Waals surface area contributed by atoms with E-state index in [-0.39, 0.29) is 12.5 Å². The Kier molecular flexibility index (Phi) is 8.61. The summed E-state index contributed by atoms with van der Waals surface area (Å²) in [5, 5.41) is 3.06. The van der Waals surface area contributed by atoms with Crippen molar-refractivity contribution in [1.82, 2.24) is 15.0 Å². The second kappa shape index (κ2) is 12.7. The van der Waals surface area contributed by atoms with Crippen LogP contribution in [0.2, 0.25) is 0 Å². The summed E-state index contributed by atoms with van der Waals surface area (Å²) in [6, 6.07) is 21.2. The highest BCUT2D eigenvalue weighted by Crippen LogP contribution is 2.26. The third kappa shape index (κ3) is 6.98. The molecule has 0 aliphatic carbocycles. The van der Waals surface area contributed by atoms with Crippen LogP contribution < -0.4 is 21.5 Å². The maximum Gasteiger partial charge on any atom is 0.440 e. The van der Waals surface area contributed by atoms with E-state index >= 15 is 0 Å². The van der Waals surface area contributed by atoms with Crippen molar-refractivity contribution in [2.45, 2.75) is 39.3 Å². The van der Waals surface area contributed by atoms with Gasteiger partial charge in [0.05, 0.1) is 6.54 Å². The molecule has 2 N–H and O–H groups in total. The molecule has 1 aromatic heterocycles. The second-order valence-electron chi connectivity index (χ2n) is 10.1. The number of amides is 1. The number of aryl methyl sites for hydroxylation is 1. The Bertz CT molecular complexity index is 1560. The normalized spacial score (nSPS) is 13.7. The van der Waals surface area contributed by atoms with Crippen LogP contribution in [0, 0.1) is 12.8 Å². The number of aromatic amines is 1. The largest absolute Gasteiger partial charge is 0.489 e. The molecule has 1 saturated heterocycles. The summed E-state index contributed by atoms with van der Waals surface area (Å²) >= 11 is 0. The topological polar surface area (TPSA) is 116 Å². The van der Waals surface area contributed by atoms with E-state index in [0.717, 1.165) is 65.0 Å². The molecule has 0 unspecified atom stereocenters. The quantitative estimate of drug-likeness (QED) is 0.309. The first kappa shape index (κ1) is 27.2. The van der Waals surface area contributed by atoms with Crippen molar-refractivity contribution in [3.8, 4) is 16.9 Å². The molecule has 0 saturated carbocycles. The van der Waals surface area contributed by atoms with Crippen molar-refractivity contribution in [2.75, 3.05) is 19.8 Å². The molecule has 0 radical (unpaired) electrons. The molecule has 9 heteroatoms. The van der Waals surface area contributed by atoms with Crippen LogP contribution >= 0.6 is 0 Å². The molecule has 1 aliphatic rings. The van der Waals surface area contributed by atoms with E-state index < -0.39 is 11.4 Å². The van der Waals surface area contributed by atoms with E-state index in [2.05, 4.69) is 22.4 Å². The summed E-state index contributed by atoms with van der Waals surface area (Å²) in [7, 11) is 0. The molecule has 5 rings (SSSR count). The monoisotopic (exact) mass is 543 g/mol. The molecule has 208 valence electrons. The first-order valence-corrected chi connectivity index (χ1v) is 13.5. The summed E-state index contributed by atoms with van der Waals surface area (Å²) in [5.41, 5.74) is 5.04. The van der Waals surface area contributed by atoms with Gasteiger partial charge in [-0.3, -0.25) is 4.79 Å². The highest BCUT2D eigenvalue weighted by Gasteiger charge is 2.15. The highest BCUT2D eigenvalue weighted by molar-refractivity contribution is 5.95. The zero-order valence-electron chi connectivity index (χ0n) is 22.5. The van der Waals surface area contributed by atoms with Gasteiger partial charge in [-0.1, -0.05) is 36.4 Å². The Morgan fingerprint density at radius 1 is 1.02 bits per heavy atom. The van der Waals surface area contributed by atoms with Gasteiger partial charge in [0.1, 0.15) is 12.4 Å². The fourth-order valence-electron chi connectivity index (χ4n) is 4.93. The average Bonchev–Trinajstić information content (AvgIpc) is 3.29. The van der Waals surface area contributed by atoms with E-state index in [1.165, 1.54) is 0 Å². The van der Waals surface area contributed by atoms with Crippen LogP contribution in [0.4, 0.5) is 0 Å². The Morgan fingerprint density at radius 2 is 1.82 bits per heavy atom. The van der Waals surface area contributed by atoms with Gasteiger partial charge in [-0.15, -0.1) is 4.74 Å². The Hall–Kier alpha value is -4.37. The number of aromatic nitrogens is 2. The Labute approximate surface area is 231 Å². The van der Waals surface area contributed by atoms with Crippen LogP contribution in [0.25, 0.3) is 11.1 Å². The summed E-state index contributed by atoms with van der Waals surface area (Å²) in [4.78, 5) is 37.5. The third-order valence-electron chi connectivity index (χ3n) is 7.19. The number of nitrogens with one attached hydrogen (secondary N) is 2. The van der Waals surface area contributed by atoms with Crippen LogP contribution in [0.15, 0.2) is 80.8 Å². The molecule has 9 nitrogen and oxygen atoms in total. The maximum absolute atomic E-state index is 12.7. The Morgan fingerprint density at radius 3 is 2.55 bits per heavy atom. The van der Waals surface area contributed by atoms with Gasteiger partial charge in [0.25, 0.3) is 5.91 Å². The Balaban J connectivity index is 1.16. The standard InChI is InChI=1S/C31H33N3O6/c1-21-17-26(29(35)32-14-11-22-12-15-38-16-13-22)7-10-28(21)25-4-2-3-24(18-25)20-39-27-8-5-23(6-9-27)19-34-30(36)33-31(37)40-34/h2-10,17-18,22H,11-16,19-20H2,1H3,(H,32,35)(H,33,36,37). The van der Waals surface area contributed by atoms with Crippen LogP contribution in [-0.2, 0) is 17.9 Å². The first-order valence-electron chi connectivity index (χ1n) is 13.5. The number of H-pyrrole nitrogens is 1. The average molecular weight is 544 g/mol. The molecule has 1 amide bonds. The van der Waals surface area contributed by atoms with Gasteiger partial charge < -0.3 is 19.3 Å². The predicted octanol–water partition coefficient (Wildman–Crippen LogP) is 4.28. The van der Waals surface area contributed by atoms with Gasteiger partial charge in [0.2, 0.25) is 0 Å². The third-order valence-corrected chi connectivity index (χ3v) is 7.19. The highest BCUT2D eigenvalue weighted by atomic mass is 16.5. The van der Waals surface area contributed by atoms with Gasteiger partial charge in [0, 0.05) is 25.3 Å². The lowest BCUT2D eigenvalue weighted by atomic mass is 9.96. The number of hydrogen-bond donors (Lipinski definition) is 2. The minimum Gasteiger partial charge on any atom is -0.489 e. The number of rotatable bonds is 10. The molecule has 2 heterocycles. The molecule has 0 atom stereocenters. The van der Waals surface area contributed by atoms with Gasteiger partial charge >= 0.3 is 11.4 Å². The number of carbonyl (C=O) groups excluding carboxylic acids is 1. The zero-order valence-corrected chi connectivity index (χ0v) is 22.5. The molecule has 40 heavy (non-hydrogen) atoms. The van der Waals surface area contributed by atoms with E-state index in [4.69, 9.17) is 14.0 Å². The van der Waals surface area contributed by atoms with Crippen molar-refractivity contribution in [3.05, 3.63) is 110 Å². The molecular weight excluding hydrogens is 510 g/mol. The van der Waals surface area contributed by atoms with E-state index in [9.17, 15) is 14.4 Å². The zero-order chi connectivity index (χ0) is 27.9. The van der Waals surface area contributed by atoms with E-state index in [1.807, 2.05) is 61.5 Å². The molecule has 1 fully saturated rings. The van der Waals surface area contributed by atoms with E-state index in [0.29, 0.717) is 30.4 Å². The number of benzene rings is 3. The lowest BCUT2D eigenvalue weighted by Crippen LogP contribution is -2.27.